The fraction of sp³-hybridized carbons (Fsp3) is 0.500. The zero-order chi connectivity index (χ0) is 25.5. The van der Waals surface area contributed by atoms with Crippen LogP contribution in [-0.4, -0.2) is 47.3 Å². The summed E-state index contributed by atoms with van der Waals surface area (Å²) in [6.45, 7) is 5.68. The number of likely N-dealkylation sites (tertiary alicyclic amines) is 1. The van der Waals surface area contributed by atoms with Crippen molar-refractivity contribution in [1.82, 2.24) is 14.9 Å². The van der Waals surface area contributed by atoms with Gasteiger partial charge in [-0.15, -0.1) is 0 Å². The first-order chi connectivity index (χ1) is 17.4. The van der Waals surface area contributed by atoms with Crippen LogP contribution in [0.1, 0.15) is 57.3 Å². The number of carbonyl (C=O) groups excluding carboxylic acids is 1. The highest BCUT2D eigenvalue weighted by Gasteiger charge is 2.27. The summed E-state index contributed by atoms with van der Waals surface area (Å²) in [5.41, 5.74) is 2.99. The van der Waals surface area contributed by atoms with E-state index in [0.717, 1.165) is 79.0 Å². The molecule has 4 rings (SSSR count). The van der Waals surface area contributed by atoms with Crippen molar-refractivity contribution in [2.24, 2.45) is 5.92 Å². The number of aryl methyl sites for hydroxylation is 1. The molecular weight excluding hydrogens is 478 g/mol. The van der Waals surface area contributed by atoms with Crippen molar-refractivity contribution in [3.63, 3.8) is 0 Å². The summed E-state index contributed by atoms with van der Waals surface area (Å²) in [6, 6.07) is 11.5. The van der Waals surface area contributed by atoms with Gasteiger partial charge < -0.3 is 24.1 Å². The van der Waals surface area contributed by atoms with Crippen LogP contribution in [0.3, 0.4) is 0 Å². The number of fused-ring (bicyclic) bond motifs is 1. The third kappa shape index (κ3) is 6.84. The number of aromatic amines is 1. The summed E-state index contributed by atoms with van der Waals surface area (Å²) in [4.78, 5) is 22.8. The minimum absolute atomic E-state index is 0.171. The number of H-pyrrole nitrogens is 1. The van der Waals surface area contributed by atoms with Gasteiger partial charge in [-0.05, 0) is 80.3 Å². The van der Waals surface area contributed by atoms with Crippen LogP contribution < -0.4 is 9.47 Å². The van der Waals surface area contributed by atoms with Gasteiger partial charge in [0.2, 0.25) is 0 Å². The van der Waals surface area contributed by atoms with E-state index in [1.54, 1.807) is 19.2 Å². The van der Waals surface area contributed by atoms with Gasteiger partial charge >= 0.3 is 6.09 Å². The van der Waals surface area contributed by atoms with E-state index in [4.69, 9.17) is 30.8 Å². The predicted molar refractivity (Wildman–Crippen MR) is 142 cm³/mol. The molecule has 1 amide bonds. The number of aromatic nitrogens is 2. The van der Waals surface area contributed by atoms with Crippen molar-refractivity contribution >= 4 is 28.7 Å². The molecule has 7 nitrogen and oxygen atoms in total. The van der Waals surface area contributed by atoms with Crippen molar-refractivity contribution in [3.8, 4) is 11.5 Å². The number of rotatable bonds is 10. The highest BCUT2D eigenvalue weighted by atomic mass is 35.5. The summed E-state index contributed by atoms with van der Waals surface area (Å²) >= 11 is 5.96. The molecular formula is C28H36ClN3O4. The molecule has 0 radical (unpaired) electrons. The summed E-state index contributed by atoms with van der Waals surface area (Å²) in [5.74, 6) is 2.62. The van der Waals surface area contributed by atoms with Gasteiger partial charge in [-0.25, -0.2) is 9.78 Å². The van der Waals surface area contributed by atoms with E-state index >= 15 is 0 Å². The fourth-order valence-corrected chi connectivity index (χ4v) is 4.79. The smallest absolute Gasteiger partial charge is 0.410 e. The number of methoxy groups -OCH3 is 1. The zero-order valence-corrected chi connectivity index (χ0v) is 22.1. The number of nitrogens with zero attached hydrogens (tertiary/aromatic N) is 2. The lowest BCUT2D eigenvalue weighted by Crippen LogP contribution is -2.44. The van der Waals surface area contributed by atoms with Crippen molar-refractivity contribution < 1.29 is 19.0 Å². The topological polar surface area (TPSA) is 76.7 Å². The Kier molecular flexibility index (Phi) is 8.97. The third-order valence-corrected chi connectivity index (χ3v) is 6.75. The first-order valence-corrected chi connectivity index (χ1v) is 13.2. The van der Waals surface area contributed by atoms with Crippen LogP contribution in [0.2, 0.25) is 5.02 Å². The number of piperidine rings is 1. The molecule has 1 saturated heterocycles. The minimum atomic E-state index is -0.171. The number of ether oxygens (including phenoxy) is 3. The van der Waals surface area contributed by atoms with Gasteiger partial charge in [0.15, 0.2) is 0 Å². The van der Waals surface area contributed by atoms with Crippen LogP contribution in [-0.2, 0) is 17.8 Å². The molecule has 0 spiro atoms. The summed E-state index contributed by atoms with van der Waals surface area (Å²) in [6.07, 6.45) is 5.78. The number of halogens is 1. The molecule has 194 valence electrons. The van der Waals surface area contributed by atoms with Crippen LogP contribution in [0, 0.1) is 5.92 Å². The summed E-state index contributed by atoms with van der Waals surface area (Å²) < 4.78 is 16.9. The van der Waals surface area contributed by atoms with Gasteiger partial charge in [-0.3, -0.25) is 0 Å². The van der Waals surface area contributed by atoms with E-state index in [0.29, 0.717) is 24.2 Å². The third-order valence-electron chi connectivity index (χ3n) is 6.50. The molecule has 8 heteroatoms. The average Bonchev–Trinajstić information content (AvgIpc) is 3.30. The van der Waals surface area contributed by atoms with E-state index in [1.165, 1.54) is 0 Å². The SMILES string of the molecule is COc1cc(CCCC2CCCCN2C(=O)OCC(C)C)c2nc(COc3ccc(Cl)cc3)[nH]c2c1. The van der Waals surface area contributed by atoms with Gasteiger partial charge in [0, 0.05) is 23.7 Å². The highest BCUT2D eigenvalue weighted by molar-refractivity contribution is 6.30. The van der Waals surface area contributed by atoms with Gasteiger partial charge in [0.05, 0.1) is 24.8 Å². The standard InChI is InChI=1S/C28H36ClN3O4/c1-19(2)17-36-28(33)32-14-5-4-8-22(32)9-6-7-20-15-24(34-3)16-25-27(20)31-26(30-25)18-35-23-12-10-21(29)11-13-23/h10-13,15-16,19,22H,4-9,14,17-18H2,1-3H3,(H,30,31). The average molecular weight is 514 g/mol. The summed E-state index contributed by atoms with van der Waals surface area (Å²) in [7, 11) is 1.68. The van der Waals surface area contributed by atoms with Crippen molar-refractivity contribution in [3.05, 3.63) is 52.8 Å². The second-order valence-corrected chi connectivity index (χ2v) is 10.3. The van der Waals surface area contributed by atoms with Crippen LogP contribution >= 0.6 is 11.6 Å². The molecule has 3 aromatic rings. The number of nitrogens with one attached hydrogen (secondary N) is 1. The van der Waals surface area contributed by atoms with Crippen LogP contribution in [0.4, 0.5) is 4.79 Å². The number of hydrogen-bond acceptors (Lipinski definition) is 5. The molecule has 0 saturated carbocycles. The van der Waals surface area contributed by atoms with Crippen molar-refractivity contribution in [1.29, 1.82) is 0 Å². The second kappa shape index (κ2) is 12.3. The largest absolute Gasteiger partial charge is 0.497 e. The first kappa shape index (κ1) is 26.1. The number of hydrogen-bond donors (Lipinski definition) is 1. The van der Waals surface area contributed by atoms with Gasteiger partial charge in [-0.1, -0.05) is 25.4 Å². The Balaban J connectivity index is 1.41. The zero-order valence-electron chi connectivity index (χ0n) is 21.4. The lowest BCUT2D eigenvalue weighted by Gasteiger charge is -2.35. The van der Waals surface area contributed by atoms with Crippen molar-refractivity contribution in [2.75, 3.05) is 20.3 Å². The quantitative estimate of drug-likeness (QED) is 0.323. The van der Waals surface area contributed by atoms with E-state index in [1.807, 2.05) is 23.1 Å². The van der Waals surface area contributed by atoms with E-state index < -0.39 is 0 Å². The van der Waals surface area contributed by atoms with E-state index in [9.17, 15) is 4.79 Å². The molecule has 1 aliphatic rings. The Morgan fingerprint density at radius 2 is 2.00 bits per heavy atom. The molecule has 2 aromatic carbocycles. The minimum Gasteiger partial charge on any atom is -0.497 e. The lowest BCUT2D eigenvalue weighted by atomic mass is 9.96. The van der Waals surface area contributed by atoms with Crippen LogP contribution in [0.5, 0.6) is 11.5 Å². The van der Waals surface area contributed by atoms with E-state index in [-0.39, 0.29) is 12.1 Å². The van der Waals surface area contributed by atoms with Gasteiger partial charge in [0.25, 0.3) is 0 Å². The molecule has 1 unspecified atom stereocenters. The van der Waals surface area contributed by atoms with Gasteiger partial charge in [-0.2, -0.15) is 0 Å². The Morgan fingerprint density at radius 1 is 1.19 bits per heavy atom. The molecule has 1 fully saturated rings. The second-order valence-electron chi connectivity index (χ2n) is 9.81. The molecule has 1 atom stereocenters. The monoisotopic (exact) mass is 513 g/mol. The maximum absolute atomic E-state index is 12.6. The molecule has 2 heterocycles. The fourth-order valence-electron chi connectivity index (χ4n) is 4.66. The molecule has 1 aromatic heterocycles. The Bertz CT molecular complexity index is 1150. The molecule has 0 aliphatic carbocycles. The molecule has 0 bridgehead atoms. The first-order valence-electron chi connectivity index (χ1n) is 12.8. The van der Waals surface area contributed by atoms with Crippen LogP contribution in [0.25, 0.3) is 11.0 Å². The molecule has 1 aliphatic heterocycles. The number of carbonyl (C=O) groups is 1. The number of benzene rings is 2. The molecule has 1 N–H and O–H groups in total. The van der Waals surface area contributed by atoms with Gasteiger partial charge in [0.1, 0.15) is 23.9 Å². The Labute approximate surface area is 218 Å². The number of imidazole rings is 1. The summed E-state index contributed by atoms with van der Waals surface area (Å²) in [5, 5.41) is 0.673. The molecule has 36 heavy (non-hydrogen) atoms. The van der Waals surface area contributed by atoms with E-state index in [2.05, 4.69) is 24.9 Å². The van der Waals surface area contributed by atoms with Crippen LogP contribution in [0.15, 0.2) is 36.4 Å². The Morgan fingerprint density at radius 3 is 2.75 bits per heavy atom. The number of amides is 1. The normalized spacial score (nSPS) is 15.9. The maximum atomic E-state index is 12.6. The maximum Gasteiger partial charge on any atom is 0.410 e. The predicted octanol–water partition coefficient (Wildman–Crippen LogP) is 6.77. The highest BCUT2D eigenvalue weighted by Crippen LogP contribution is 2.28. The van der Waals surface area contributed by atoms with Crippen molar-refractivity contribution in [2.45, 2.75) is 65.0 Å². The lowest BCUT2D eigenvalue weighted by molar-refractivity contribution is 0.0630. The Hall–Kier alpha value is -2.93.